The van der Waals surface area contributed by atoms with Gasteiger partial charge in [-0.25, -0.2) is 0 Å². The van der Waals surface area contributed by atoms with Crippen LogP contribution in [0.1, 0.15) is 23.4 Å². The zero-order valence-electron chi connectivity index (χ0n) is 10.8. The molecule has 0 bridgehead atoms. The molecule has 0 amide bonds. The van der Waals surface area contributed by atoms with Crippen molar-refractivity contribution in [3.8, 4) is 0 Å². The van der Waals surface area contributed by atoms with Crippen molar-refractivity contribution in [2.75, 3.05) is 18.5 Å². The van der Waals surface area contributed by atoms with Crippen LogP contribution in [0.15, 0.2) is 30.3 Å². The molecule has 0 spiro atoms. The lowest BCUT2D eigenvalue weighted by atomic mass is 9.96. The maximum absolute atomic E-state index is 4.22. The molecule has 1 aliphatic rings. The molecule has 0 unspecified atom stereocenters. The first-order valence-corrected chi connectivity index (χ1v) is 7.08. The summed E-state index contributed by atoms with van der Waals surface area (Å²) in [6.45, 7) is 3.03. The summed E-state index contributed by atoms with van der Waals surface area (Å²) < 4.78 is 0. The van der Waals surface area contributed by atoms with Gasteiger partial charge >= 0.3 is 0 Å². The van der Waals surface area contributed by atoms with Gasteiger partial charge in [-0.2, -0.15) is 0 Å². The van der Waals surface area contributed by atoms with Gasteiger partial charge in [0.25, 0.3) is 0 Å². The molecule has 4 heteroatoms. The largest absolute Gasteiger partial charge is 0.349 e. The van der Waals surface area contributed by atoms with Crippen molar-refractivity contribution in [3.63, 3.8) is 0 Å². The molecule has 1 fully saturated rings. The van der Waals surface area contributed by atoms with Gasteiger partial charge in [-0.05, 0) is 25.3 Å². The Labute approximate surface area is 111 Å². The highest BCUT2D eigenvalue weighted by atomic mass is 32.1. The molecule has 1 aromatic carbocycles. The average molecular weight is 259 g/mol. The number of hydrogen-bond acceptors (Lipinski definition) is 4. The molecule has 3 rings (SSSR count). The van der Waals surface area contributed by atoms with Gasteiger partial charge in [0.15, 0.2) is 0 Å². The highest BCUT2D eigenvalue weighted by molar-refractivity contribution is 7.15. The molecule has 1 heterocycles. The van der Waals surface area contributed by atoms with Crippen molar-refractivity contribution in [2.24, 2.45) is 0 Å². The highest BCUT2D eigenvalue weighted by Gasteiger charge is 2.45. The second-order valence-electron chi connectivity index (χ2n) is 5.11. The van der Waals surface area contributed by atoms with E-state index in [0.29, 0.717) is 5.41 Å². The van der Waals surface area contributed by atoms with Gasteiger partial charge in [0.2, 0.25) is 5.13 Å². The fourth-order valence-electron chi connectivity index (χ4n) is 2.44. The molecule has 1 aromatic heterocycles. The first kappa shape index (κ1) is 11.7. The highest BCUT2D eigenvalue weighted by Crippen LogP contribution is 2.49. The minimum absolute atomic E-state index is 0.343. The van der Waals surface area contributed by atoms with E-state index in [1.54, 1.807) is 11.3 Å². The first-order chi connectivity index (χ1) is 8.70. The van der Waals surface area contributed by atoms with E-state index in [0.717, 1.165) is 16.7 Å². The molecule has 1 aliphatic carbocycles. The Morgan fingerprint density at radius 1 is 1.22 bits per heavy atom. The Morgan fingerprint density at radius 2 is 1.94 bits per heavy atom. The van der Waals surface area contributed by atoms with E-state index in [-0.39, 0.29) is 0 Å². The maximum atomic E-state index is 4.22. The number of anilines is 1. The molecular formula is C14H17N3S. The fourth-order valence-corrected chi connectivity index (χ4v) is 3.09. The third-order valence-corrected chi connectivity index (χ3v) is 4.57. The van der Waals surface area contributed by atoms with Crippen LogP contribution in [0, 0.1) is 6.92 Å². The SMILES string of the molecule is Cc1nnc(N(C)CC2(c3ccccc3)CC2)s1. The fraction of sp³-hybridized carbons (Fsp3) is 0.429. The van der Waals surface area contributed by atoms with Crippen molar-refractivity contribution in [1.29, 1.82) is 0 Å². The minimum Gasteiger partial charge on any atom is -0.349 e. The summed E-state index contributed by atoms with van der Waals surface area (Å²) in [7, 11) is 2.11. The molecule has 0 saturated heterocycles. The lowest BCUT2D eigenvalue weighted by molar-refractivity contribution is 0.670. The van der Waals surface area contributed by atoms with E-state index in [2.05, 4.69) is 52.5 Å². The van der Waals surface area contributed by atoms with Crippen molar-refractivity contribution >= 4 is 16.5 Å². The third-order valence-electron chi connectivity index (χ3n) is 3.62. The van der Waals surface area contributed by atoms with E-state index >= 15 is 0 Å². The number of benzene rings is 1. The van der Waals surface area contributed by atoms with Crippen LogP contribution in [0.25, 0.3) is 0 Å². The first-order valence-electron chi connectivity index (χ1n) is 6.26. The Morgan fingerprint density at radius 3 is 2.50 bits per heavy atom. The van der Waals surface area contributed by atoms with Crippen LogP contribution in [0.5, 0.6) is 0 Å². The predicted octanol–water partition coefficient (Wildman–Crippen LogP) is 3.01. The standard InChI is InChI=1S/C14H17N3S/c1-11-15-16-13(18-11)17(2)10-14(8-9-14)12-6-4-3-5-7-12/h3-7H,8-10H2,1-2H3. The lowest BCUT2D eigenvalue weighted by Gasteiger charge is -2.23. The van der Waals surface area contributed by atoms with Crippen LogP contribution < -0.4 is 4.90 Å². The summed E-state index contributed by atoms with van der Waals surface area (Å²) in [6, 6.07) is 10.8. The Hall–Kier alpha value is -1.42. The molecular weight excluding hydrogens is 242 g/mol. The van der Waals surface area contributed by atoms with Crippen LogP contribution in [-0.2, 0) is 5.41 Å². The normalized spacial score (nSPS) is 16.6. The van der Waals surface area contributed by atoms with Gasteiger partial charge in [0.1, 0.15) is 5.01 Å². The van der Waals surface area contributed by atoms with Crippen LogP contribution in [-0.4, -0.2) is 23.8 Å². The predicted molar refractivity (Wildman–Crippen MR) is 75.3 cm³/mol. The van der Waals surface area contributed by atoms with Gasteiger partial charge in [-0.1, -0.05) is 41.7 Å². The Kier molecular flexibility index (Phi) is 2.82. The van der Waals surface area contributed by atoms with Gasteiger partial charge in [0, 0.05) is 19.0 Å². The number of aryl methyl sites for hydroxylation is 1. The number of hydrogen-bond donors (Lipinski definition) is 0. The van der Waals surface area contributed by atoms with Crippen molar-refractivity contribution < 1.29 is 0 Å². The van der Waals surface area contributed by atoms with Gasteiger partial charge < -0.3 is 4.90 Å². The summed E-state index contributed by atoms with van der Waals surface area (Å²) >= 11 is 1.66. The number of rotatable bonds is 4. The summed E-state index contributed by atoms with van der Waals surface area (Å²) in [5.41, 5.74) is 1.80. The van der Waals surface area contributed by atoms with E-state index in [4.69, 9.17) is 0 Å². The number of nitrogens with zero attached hydrogens (tertiary/aromatic N) is 3. The van der Waals surface area contributed by atoms with Crippen LogP contribution >= 0.6 is 11.3 Å². The number of likely N-dealkylation sites (N-methyl/N-ethyl adjacent to an activating group) is 1. The monoisotopic (exact) mass is 259 g/mol. The quantitative estimate of drug-likeness (QED) is 0.845. The molecule has 0 radical (unpaired) electrons. The summed E-state index contributed by atoms with van der Waals surface area (Å²) in [5.74, 6) is 0. The Balaban J connectivity index is 1.77. The lowest BCUT2D eigenvalue weighted by Crippen LogP contribution is -2.29. The Bertz CT molecular complexity index is 531. The molecule has 94 valence electrons. The molecule has 0 N–H and O–H groups in total. The topological polar surface area (TPSA) is 29.0 Å². The van der Waals surface area contributed by atoms with E-state index in [1.165, 1.54) is 18.4 Å². The van der Waals surface area contributed by atoms with Crippen LogP contribution in [0.4, 0.5) is 5.13 Å². The number of aromatic nitrogens is 2. The van der Waals surface area contributed by atoms with Crippen molar-refractivity contribution in [1.82, 2.24) is 10.2 Å². The van der Waals surface area contributed by atoms with Gasteiger partial charge in [0.05, 0.1) is 0 Å². The summed E-state index contributed by atoms with van der Waals surface area (Å²) in [4.78, 5) is 2.24. The molecule has 0 aliphatic heterocycles. The molecule has 2 aromatic rings. The summed E-state index contributed by atoms with van der Waals surface area (Å²) in [5, 5.41) is 10.4. The molecule has 0 atom stereocenters. The van der Waals surface area contributed by atoms with Crippen LogP contribution in [0.2, 0.25) is 0 Å². The van der Waals surface area contributed by atoms with Crippen molar-refractivity contribution in [3.05, 3.63) is 40.9 Å². The van der Waals surface area contributed by atoms with Crippen LogP contribution in [0.3, 0.4) is 0 Å². The van der Waals surface area contributed by atoms with E-state index in [1.807, 2.05) is 6.92 Å². The summed E-state index contributed by atoms with van der Waals surface area (Å²) in [6.07, 6.45) is 2.55. The zero-order chi connectivity index (χ0) is 12.6. The van der Waals surface area contributed by atoms with Gasteiger partial charge in [-0.15, -0.1) is 10.2 Å². The minimum atomic E-state index is 0.343. The second-order valence-corrected chi connectivity index (χ2v) is 6.27. The van der Waals surface area contributed by atoms with Crippen molar-refractivity contribution in [2.45, 2.75) is 25.2 Å². The van der Waals surface area contributed by atoms with E-state index in [9.17, 15) is 0 Å². The average Bonchev–Trinajstić information content (AvgIpc) is 3.04. The molecule has 3 nitrogen and oxygen atoms in total. The molecule has 18 heavy (non-hydrogen) atoms. The zero-order valence-corrected chi connectivity index (χ0v) is 11.6. The maximum Gasteiger partial charge on any atom is 0.208 e. The van der Waals surface area contributed by atoms with E-state index < -0.39 is 0 Å². The molecule has 1 saturated carbocycles. The van der Waals surface area contributed by atoms with Gasteiger partial charge in [-0.3, -0.25) is 0 Å². The third kappa shape index (κ3) is 2.12. The second kappa shape index (κ2) is 4.35. The smallest absolute Gasteiger partial charge is 0.208 e.